The molecular formula is C32H39Cl2N2O7+. The lowest BCUT2D eigenvalue weighted by molar-refractivity contribution is -0.377. The number of carbonyl (C=O) groups is 2. The third-order valence-electron chi connectivity index (χ3n) is 6.48. The summed E-state index contributed by atoms with van der Waals surface area (Å²) in [5.41, 5.74) is 2.41. The van der Waals surface area contributed by atoms with Crippen molar-refractivity contribution in [3.8, 4) is 23.0 Å². The fourth-order valence-corrected chi connectivity index (χ4v) is 4.61. The van der Waals surface area contributed by atoms with Gasteiger partial charge in [-0.25, -0.2) is 4.98 Å². The molecule has 0 radical (unpaired) electrons. The molecule has 0 bridgehead atoms. The molecule has 4 rings (SSSR count). The van der Waals surface area contributed by atoms with Crippen molar-refractivity contribution in [2.75, 3.05) is 33.3 Å². The van der Waals surface area contributed by atoms with E-state index in [0.717, 1.165) is 29.2 Å². The first kappa shape index (κ1) is 34.0. The maximum Gasteiger partial charge on any atom is 0.231 e. The van der Waals surface area contributed by atoms with E-state index in [1.807, 2.05) is 32.0 Å². The summed E-state index contributed by atoms with van der Waals surface area (Å²) < 4.78 is 27.8. The van der Waals surface area contributed by atoms with Gasteiger partial charge in [-0.3, -0.25) is 4.79 Å². The number of nitrogens with one attached hydrogen (secondary N) is 2. The first-order valence-electron chi connectivity index (χ1n) is 13.9. The molecule has 1 atom stereocenters. The second-order valence-electron chi connectivity index (χ2n) is 10.2. The topological polar surface area (TPSA) is 106 Å². The molecule has 232 valence electrons. The van der Waals surface area contributed by atoms with Crippen LogP contribution in [0.2, 0.25) is 10.0 Å². The van der Waals surface area contributed by atoms with Crippen LogP contribution in [0.3, 0.4) is 0 Å². The van der Waals surface area contributed by atoms with Gasteiger partial charge < -0.3 is 33.8 Å². The Hall–Kier alpha value is -3.53. The number of hydrogen-bond donors (Lipinski definition) is 1. The highest BCUT2D eigenvalue weighted by Crippen LogP contribution is 2.37. The fourth-order valence-electron chi connectivity index (χ4n) is 4.08. The number of aromatic amines is 1. The lowest BCUT2D eigenvalue weighted by atomic mass is 10.0. The van der Waals surface area contributed by atoms with Crippen LogP contribution in [0.15, 0.2) is 48.8 Å². The van der Waals surface area contributed by atoms with Crippen molar-refractivity contribution < 1.29 is 38.3 Å². The Morgan fingerprint density at radius 1 is 0.977 bits per heavy atom. The third kappa shape index (κ3) is 10.6. The van der Waals surface area contributed by atoms with Crippen molar-refractivity contribution in [2.45, 2.75) is 51.7 Å². The fraction of sp³-hybridized carbons (Fsp3) is 0.406. The number of anilines is 1. The molecule has 1 heterocycles. The number of aldehydes is 1. The standard InChI is InChI=1S/C21H25Cl2NO3.C11H13NO4/c1-13(2)27-19-7-6-15(8-21(19)26-12-14-4-5-14)20(25-3)9-16-17(22)10-24-11-18(16)23;1-15-9-4-3-8(7-10(9)16-2)12-11(14)5-6-13/h6-8,10-11,13-14,20H,4-5,9,12H2,1-3H3;3-4,6-7H,5H2,1-2H3,(H,12,14)/p+1. The van der Waals surface area contributed by atoms with Crippen molar-refractivity contribution in [3.63, 3.8) is 0 Å². The molecule has 1 aliphatic rings. The quantitative estimate of drug-likeness (QED) is 0.159. The third-order valence-corrected chi connectivity index (χ3v) is 7.15. The first-order chi connectivity index (χ1) is 20.7. The number of ether oxygens (including phenoxy) is 5. The van der Waals surface area contributed by atoms with Crippen LogP contribution < -0.4 is 29.2 Å². The summed E-state index contributed by atoms with van der Waals surface area (Å²) in [4.78, 5) is 24.2. The number of aromatic nitrogens is 1. The SMILES string of the molecule is COC(Cc1c(Cl)c[nH+]cc1Cl)c1ccc(OC(C)C)c(OCC2CC2)c1.COc1ccc(NC(=O)CC=O)cc1OC. The van der Waals surface area contributed by atoms with Crippen LogP contribution >= 0.6 is 23.2 Å². The Kier molecular flexibility index (Phi) is 13.4. The van der Waals surface area contributed by atoms with Crippen LogP contribution in [0.4, 0.5) is 5.69 Å². The molecule has 2 N–H and O–H groups in total. The number of benzene rings is 2. The average Bonchev–Trinajstić information content (AvgIpc) is 3.81. The van der Waals surface area contributed by atoms with E-state index in [2.05, 4.69) is 10.3 Å². The van der Waals surface area contributed by atoms with Crippen molar-refractivity contribution in [1.29, 1.82) is 0 Å². The van der Waals surface area contributed by atoms with E-state index in [1.54, 1.807) is 37.7 Å². The van der Waals surface area contributed by atoms with E-state index in [1.165, 1.54) is 27.1 Å². The Bertz CT molecular complexity index is 1350. The van der Waals surface area contributed by atoms with Gasteiger partial charge in [0.2, 0.25) is 5.91 Å². The highest BCUT2D eigenvalue weighted by Gasteiger charge is 2.24. The Morgan fingerprint density at radius 2 is 1.65 bits per heavy atom. The molecule has 0 saturated heterocycles. The number of carbonyl (C=O) groups excluding carboxylic acids is 2. The summed E-state index contributed by atoms with van der Waals surface area (Å²) in [5.74, 6) is 2.92. The second-order valence-corrected chi connectivity index (χ2v) is 11.0. The van der Waals surface area contributed by atoms with Crippen LogP contribution in [0.25, 0.3) is 0 Å². The highest BCUT2D eigenvalue weighted by molar-refractivity contribution is 6.35. The normalized spacial score (nSPS) is 12.9. The number of rotatable bonds is 14. The van der Waals surface area contributed by atoms with Gasteiger partial charge in [-0.1, -0.05) is 29.3 Å². The van der Waals surface area contributed by atoms with Gasteiger partial charge in [0, 0.05) is 30.8 Å². The predicted octanol–water partition coefficient (Wildman–Crippen LogP) is 6.55. The van der Waals surface area contributed by atoms with Crippen LogP contribution in [-0.4, -0.2) is 46.2 Å². The molecule has 1 fully saturated rings. The van der Waals surface area contributed by atoms with Crippen molar-refractivity contribution in [3.05, 3.63) is 70.0 Å². The van der Waals surface area contributed by atoms with Gasteiger partial charge >= 0.3 is 0 Å². The molecule has 0 aliphatic heterocycles. The number of pyridine rings is 1. The summed E-state index contributed by atoms with van der Waals surface area (Å²) in [6.07, 6.45) is 6.76. The minimum atomic E-state index is -0.359. The maximum atomic E-state index is 11.2. The molecule has 9 nitrogen and oxygen atoms in total. The molecule has 1 aromatic heterocycles. The molecule has 1 amide bonds. The number of methoxy groups -OCH3 is 3. The van der Waals surface area contributed by atoms with Crippen LogP contribution in [0.1, 0.15) is 50.3 Å². The van der Waals surface area contributed by atoms with Crippen LogP contribution in [0, 0.1) is 5.92 Å². The zero-order valence-corrected chi connectivity index (χ0v) is 26.6. The summed E-state index contributed by atoms with van der Waals surface area (Å²) >= 11 is 12.6. The predicted molar refractivity (Wildman–Crippen MR) is 166 cm³/mol. The summed E-state index contributed by atoms with van der Waals surface area (Å²) in [5, 5.41) is 3.75. The smallest absolute Gasteiger partial charge is 0.231 e. The van der Waals surface area contributed by atoms with Gasteiger partial charge in [0.15, 0.2) is 35.4 Å². The summed E-state index contributed by atoms with van der Waals surface area (Å²) in [6, 6.07) is 10.9. The Morgan fingerprint density at radius 3 is 2.23 bits per heavy atom. The van der Waals surface area contributed by atoms with E-state index < -0.39 is 0 Å². The highest BCUT2D eigenvalue weighted by atomic mass is 35.5. The second kappa shape index (κ2) is 16.9. The molecule has 0 spiro atoms. The number of H-pyrrole nitrogens is 1. The minimum Gasteiger partial charge on any atom is -0.493 e. The van der Waals surface area contributed by atoms with Crippen molar-refractivity contribution in [1.82, 2.24) is 0 Å². The van der Waals surface area contributed by atoms with E-state index in [9.17, 15) is 9.59 Å². The maximum absolute atomic E-state index is 11.2. The van der Waals surface area contributed by atoms with Gasteiger partial charge in [-0.05, 0) is 62.4 Å². The largest absolute Gasteiger partial charge is 0.493 e. The molecule has 11 heteroatoms. The number of amides is 1. The van der Waals surface area contributed by atoms with Crippen LogP contribution in [-0.2, 0) is 20.7 Å². The molecule has 1 aliphatic carbocycles. The molecule has 1 unspecified atom stereocenters. The Labute approximate surface area is 262 Å². The Balaban J connectivity index is 0.000000271. The monoisotopic (exact) mass is 633 g/mol. The number of halogens is 2. The minimum absolute atomic E-state index is 0.0792. The lowest BCUT2D eigenvalue weighted by Crippen LogP contribution is -2.11. The van der Waals surface area contributed by atoms with Gasteiger partial charge in [0.25, 0.3) is 0 Å². The average molecular weight is 635 g/mol. The summed E-state index contributed by atoms with van der Waals surface area (Å²) in [6.45, 7) is 4.74. The van der Waals surface area contributed by atoms with Crippen LogP contribution in [0.5, 0.6) is 23.0 Å². The van der Waals surface area contributed by atoms with Gasteiger partial charge in [0.1, 0.15) is 16.3 Å². The van der Waals surface area contributed by atoms with E-state index >= 15 is 0 Å². The first-order valence-corrected chi connectivity index (χ1v) is 14.7. The van der Waals surface area contributed by atoms with E-state index in [4.69, 9.17) is 46.9 Å². The zero-order valence-electron chi connectivity index (χ0n) is 25.1. The van der Waals surface area contributed by atoms with Crippen molar-refractivity contribution in [2.24, 2.45) is 5.92 Å². The number of hydrogen-bond acceptors (Lipinski definition) is 7. The molecule has 3 aromatic rings. The molecular weight excluding hydrogens is 595 g/mol. The van der Waals surface area contributed by atoms with Crippen molar-refractivity contribution >= 4 is 41.1 Å². The molecule has 2 aromatic carbocycles. The van der Waals surface area contributed by atoms with E-state index in [0.29, 0.717) is 45.9 Å². The summed E-state index contributed by atoms with van der Waals surface area (Å²) in [7, 11) is 4.72. The van der Waals surface area contributed by atoms with E-state index in [-0.39, 0.29) is 24.5 Å². The molecule has 1 saturated carbocycles. The lowest BCUT2D eigenvalue weighted by Gasteiger charge is -2.20. The van der Waals surface area contributed by atoms with Gasteiger partial charge in [-0.2, -0.15) is 0 Å². The van der Waals surface area contributed by atoms with Gasteiger partial charge in [0.05, 0.1) is 39.5 Å². The van der Waals surface area contributed by atoms with Gasteiger partial charge in [-0.15, -0.1) is 0 Å². The molecule has 43 heavy (non-hydrogen) atoms. The zero-order chi connectivity index (χ0) is 31.4.